The Labute approximate surface area is 177 Å². The van der Waals surface area contributed by atoms with E-state index in [-0.39, 0.29) is 28.2 Å². The van der Waals surface area contributed by atoms with Crippen LogP contribution in [0.3, 0.4) is 0 Å². The highest BCUT2D eigenvalue weighted by molar-refractivity contribution is 8.00. The minimum Gasteiger partial charge on any atom is -0.477 e. The van der Waals surface area contributed by atoms with E-state index in [0.29, 0.717) is 6.61 Å². The van der Waals surface area contributed by atoms with Gasteiger partial charge in [0.05, 0.1) is 0 Å². The zero-order chi connectivity index (χ0) is 21.8. The van der Waals surface area contributed by atoms with Crippen LogP contribution in [-0.2, 0) is 19.2 Å². The third-order valence-corrected chi connectivity index (χ3v) is 5.86. The maximum atomic E-state index is 12.9. The van der Waals surface area contributed by atoms with Crippen molar-refractivity contribution in [2.24, 2.45) is 5.16 Å². The molecule has 2 aliphatic heterocycles. The van der Waals surface area contributed by atoms with E-state index in [4.69, 9.17) is 10.6 Å². The number of oxime groups is 1. The van der Waals surface area contributed by atoms with Crippen LogP contribution in [0.5, 0.6) is 0 Å². The van der Waals surface area contributed by atoms with Gasteiger partial charge in [0, 0.05) is 5.25 Å². The zero-order valence-corrected chi connectivity index (χ0v) is 17.4. The average molecular weight is 433 g/mol. The molecule has 3 heterocycles. The number of carbonyl (C=O) groups is 3. The number of unbranched alkanes of at least 4 members (excludes halogenated alkanes) is 1. The van der Waals surface area contributed by atoms with Crippen LogP contribution in [0.25, 0.3) is 0 Å². The van der Waals surface area contributed by atoms with Crippen LogP contribution in [-0.4, -0.2) is 61.8 Å². The Morgan fingerprint density at radius 1 is 1.43 bits per heavy atom. The van der Waals surface area contributed by atoms with Crippen molar-refractivity contribution in [2.45, 2.75) is 43.4 Å². The lowest BCUT2D eigenvalue weighted by molar-refractivity contribution is -0.150. The number of carboxylic acids is 1. The number of hydrogen-bond donors (Lipinski definition) is 3. The Kier molecular flexibility index (Phi) is 6.60. The highest BCUT2D eigenvalue weighted by atomic mass is 32.2. The van der Waals surface area contributed by atoms with E-state index < -0.39 is 29.2 Å². The average Bonchev–Trinajstić information content (AvgIpc) is 2.71. The summed E-state index contributed by atoms with van der Waals surface area (Å²) in [4.78, 5) is 47.5. The molecule has 0 aromatic carbocycles. The number of anilines is 1. The van der Waals surface area contributed by atoms with Crippen molar-refractivity contribution in [1.29, 1.82) is 0 Å². The van der Waals surface area contributed by atoms with Crippen LogP contribution < -0.4 is 11.1 Å². The fourth-order valence-electron chi connectivity index (χ4n) is 3.05. The quantitative estimate of drug-likeness (QED) is 0.237. The van der Waals surface area contributed by atoms with E-state index >= 15 is 0 Å². The van der Waals surface area contributed by atoms with Gasteiger partial charge in [0.25, 0.3) is 11.8 Å². The second-order valence-electron chi connectivity index (χ2n) is 6.82. The summed E-state index contributed by atoms with van der Waals surface area (Å²) in [6, 6.07) is 3.89. The molecule has 10 nitrogen and oxygen atoms in total. The Morgan fingerprint density at radius 2 is 2.20 bits per heavy atom. The van der Waals surface area contributed by atoms with Gasteiger partial charge in [-0.15, -0.1) is 11.8 Å². The van der Waals surface area contributed by atoms with Crippen molar-refractivity contribution in [3.05, 3.63) is 35.7 Å². The summed E-state index contributed by atoms with van der Waals surface area (Å²) < 4.78 is 0. The molecule has 0 saturated carbocycles. The van der Waals surface area contributed by atoms with Crippen molar-refractivity contribution in [1.82, 2.24) is 15.2 Å². The molecule has 2 unspecified atom stereocenters. The Bertz CT molecular complexity index is 918. The molecule has 11 heteroatoms. The van der Waals surface area contributed by atoms with Crippen LogP contribution in [0.4, 0.5) is 5.82 Å². The van der Waals surface area contributed by atoms with Crippen molar-refractivity contribution in [3.63, 3.8) is 0 Å². The van der Waals surface area contributed by atoms with Gasteiger partial charge in [-0.3, -0.25) is 14.5 Å². The van der Waals surface area contributed by atoms with Crippen LogP contribution in [0.15, 0.2) is 35.1 Å². The molecule has 1 aromatic heterocycles. The molecule has 4 N–H and O–H groups in total. The van der Waals surface area contributed by atoms with Crippen LogP contribution in [0.1, 0.15) is 32.4 Å². The fraction of sp³-hybridized carbons (Fsp3) is 0.421. The summed E-state index contributed by atoms with van der Waals surface area (Å²) in [7, 11) is 0. The lowest BCUT2D eigenvalue weighted by Gasteiger charge is -2.49. The summed E-state index contributed by atoms with van der Waals surface area (Å²) in [6.45, 7) is 4.16. The molecule has 1 aromatic rings. The highest BCUT2D eigenvalue weighted by Crippen LogP contribution is 2.40. The molecule has 0 radical (unpaired) electrons. The first kappa shape index (κ1) is 21.6. The van der Waals surface area contributed by atoms with Crippen LogP contribution in [0, 0.1) is 0 Å². The van der Waals surface area contributed by atoms with Gasteiger partial charge in [-0.05, 0) is 31.6 Å². The molecule has 1 saturated heterocycles. The summed E-state index contributed by atoms with van der Waals surface area (Å²) in [5, 5.41) is 15.3. The maximum absolute atomic E-state index is 12.9. The van der Waals surface area contributed by atoms with Gasteiger partial charge in [-0.1, -0.05) is 24.6 Å². The van der Waals surface area contributed by atoms with E-state index in [1.165, 1.54) is 22.7 Å². The van der Waals surface area contributed by atoms with Crippen molar-refractivity contribution < 1.29 is 24.3 Å². The molecular formula is C19H23N5O5S. The zero-order valence-electron chi connectivity index (χ0n) is 16.6. The van der Waals surface area contributed by atoms with Gasteiger partial charge in [0.1, 0.15) is 35.2 Å². The fourth-order valence-corrected chi connectivity index (χ4v) is 4.37. The number of aliphatic carboxylic acids is 1. The summed E-state index contributed by atoms with van der Waals surface area (Å²) in [5.74, 6) is -2.11. The predicted octanol–water partition coefficient (Wildman–Crippen LogP) is 0.942. The number of nitrogens with zero attached hydrogens (tertiary/aromatic N) is 3. The Balaban J connectivity index is 1.78. The molecule has 0 aliphatic carbocycles. The smallest absolute Gasteiger partial charge is 0.352 e. The van der Waals surface area contributed by atoms with Crippen LogP contribution >= 0.6 is 11.8 Å². The minimum absolute atomic E-state index is 0.0731. The first-order chi connectivity index (χ1) is 14.3. The van der Waals surface area contributed by atoms with Crippen LogP contribution in [0.2, 0.25) is 0 Å². The van der Waals surface area contributed by atoms with Gasteiger partial charge in [-0.2, -0.15) is 0 Å². The molecule has 2 aliphatic rings. The first-order valence-corrected chi connectivity index (χ1v) is 10.4. The van der Waals surface area contributed by atoms with Gasteiger partial charge in [0.2, 0.25) is 0 Å². The lowest BCUT2D eigenvalue weighted by Crippen LogP contribution is -2.71. The molecule has 3 rings (SSSR count). The first-order valence-electron chi connectivity index (χ1n) is 9.50. The van der Waals surface area contributed by atoms with Gasteiger partial charge in [0.15, 0.2) is 5.71 Å². The van der Waals surface area contributed by atoms with E-state index in [1.54, 1.807) is 18.2 Å². The lowest BCUT2D eigenvalue weighted by atomic mass is 10.0. The standard InChI is InChI=1S/C19H23N5O5S/c1-3-4-8-29-23-14(11-6-5-7-13(20)21-11)16(25)22-15-17(26)24-12(19(27)28)9-10(2)30-18(15)24/h5-7,9-10,15,18H,3-4,8H2,1-2H3,(H2,20,21)(H,22,25)(H,27,28)/t10?,15?,18-/m0/s1. The van der Waals surface area contributed by atoms with Gasteiger partial charge >= 0.3 is 5.97 Å². The number of amides is 2. The summed E-state index contributed by atoms with van der Waals surface area (Å²) in [6.07, 6.45) is 3.18. The second kappa shape index (κ2) is 9.16. The number of rotatable bonds is 8. The number of carboxylic acid groups (broad SMARTS) is 1. The number of pyridine rings is 1. The Morgan fingerprint density at radius 3 is 2.87 bits per heavy atom. The predicted molar refractivity (Wildman–Crippen MR) is 111 cm³/mol. The number of nitrogens with one attached hydrogen (secondary N) is 1. The monoisotopic (exact) mass is 433 g/mol. The summed E-state index contributed by atoms with van der Waals surface area (Å²) >= 11 is 1.39. The third kappa shape index (κ3) is 4.40. The molecule has 0 bridgehead atoms. The van der Waals surface area contributed by atoms with Gasteiger partial charge < -0.3 is 21.0 Å². The van der Waals surface area contributed by atoms with E-state index in [1.807, 2.05) is 13.8 Å². The topological polar surface area (TPSA) is 147 Å². The maximum Gasteiger partial charge on any atom is 0.352 e. The van der Waals surface area contributed by atoms with E-state index in [0.717, 1.165) is 12.8 Å². The number of carbonyl (C=O) groups excluding carboxylic acids is 2. The second-order valence-corrected chi connectivity index (χ2v) is 8.32. The van der Waals surface area contributed by atoms with Crippen molar-refractivity contribution in [2.75, 3.05) is 12.3 Å². The number of fused-ring (bicyclic) bond motifs is 1. The number of thioether (sulfide) groups is 1. The number of aromatic nitrogens is 1. The van der Waals surface area contributed by atoms with Gasteiger partial charge in [-0.25, -0.2) is 9.78 Å². The SMILES string of the molecule is CCCCON=C(C(=O)NC1C(=O)N2C(C(=O)O)=CC(C)S[C@@H]12)c1cccc(N)n1. The third-order valence-electron chi connectivity index (χ3n) is 4.53. The molecule has 1 fully saturated rings. The van der Waals surface area contributed by atoms with Crippen molar-refractivity contribution in [3.8, 4) is 0 Å². The minimum atomic E-state index is -1.18. The number of β-lactam (4-membered cyclic amide) rings is 1. The van der Waals surface area contributed by atoms with Crippen molar-refractivity contribution >= 4 is 41.1 Å². The number of hydrogen-bond acceptors (Lipinski definition) is 8. The Hall–Kier alpha value is -3.08. The normalized spacial score (nSPS) is 23.2. The highest BCUT2D eigenvalue weighted by Gasteiger charge is 2.54. The van der Waals surface area contributed by atoms with E-state index in [2.05, 4.69) is 15.5 Å². The number of nitrogen functional groups attached to an aromatic ring is 1. The molecule has 3 atom stereocenters. The number of nitrogens with two attached hydrogens (primary N) is 1. The van der Waals surface area contributed by atoms with E-state index in [9.17, 15) is 19.5 Å². The molecule has 2 amide bonds. The molecule has 0 spiro atoms. The molecular weight excluding hydrogens is 410 g/mol. The molecule has 30 heavy (non-hydrogen) atoms. The largest absolute Gasteiger partial charge is 0.477 e. The molecule has 160 valence electrons. The summed E-state index contributed by atoms with van der Waals surface area (Å²) in [5.41, 5.74) is 5.75.